The van der Waals surface area contributed by atoms with Crippen molar-refractivity contribution in [3.8, 4) is 23.0 Å². The number of para-hydroxylation sites is 4. The van der Waals surface area contributed by atoms with Crippen LogP contribution in [0.2, 0.25) is 0 Å². The maximum Gasteiger partial charge on any atom is 0.126 e. The quantitative estimate of drug-likeness (QED) is 0.255. The highest BCUT2D eigenvalue weighted by Gasteiger charge is 2.35. The zero-order chi connectivity index (χ0) is 25.5. The zero-order valence-electron chi connectivity index (χ0n) is 21.3. The van der Waals surface area contributed by atoms with Gasteiger partial charge in [-0.1, -0.05) is 79.7 Å². The summed E-state index contributed by atoms with van der Waals surface area (Å²) in [7, 11) is 5.12. The number of hydrogen-bond acceptors (Lipinski definition) is 4. The molecule has 4 aromatic carbocycles. The lowest BCUT2D eigenvalue weighted by molar-refractivity contribution is 0.417. The lowest BCUT2D eigenvalue weighted by atomic mass is 10.3. The molecule has 0 unspecified atom stereocenters. The molecule has 0 radical (unpaired) electrons. The molecule has 0 aromatic heterocycles. The summed E-state index contributed by atoms with van der Waals surface area (Å²) < 4.78 is 23.5. The Labute approximate surface area is 216 Å². The summed E-state index contributed by atoms with van der Waals surface area (Å²) in [6.07, 6.45) is 0. The molecule has 36 heavy (non-hydrogen) atoms. The van der Waals surface area contributed by atoms with Crippen LogP contribution in [0.4, 0.5) is 0 Å². The first-order valence-corrected chi connectivity index (χ1v) is 14.6. The van der Waals surface area contributed by atoms with E-state index < -0.39 is 15.8 Å². The Morgan fingerprint density at radius 1 is 0.417 bits per heavy atom. The van der Waals surface area contributed by atoms with Crippen LogP contribution < -0.4 is 40.2 Å². The summed E-state index contributed by atoms with van der Waals surface area (Å²) in [6, 6.07) is 33.3. The van der Waals surface area contributed by atoms with Gasteiger partial charge in [-0.25, -0.2) is 0 Å². The van der Waals surface area contributed by atoms with Crippen molar-refractivity contribution < 1.29 is 18.9 Å². The van der Waals surface area contributed by atoms with Gasteiger partial charge in [-0.3, -0.25) is 0 Å². The molecule has 4 aromatic rings. The molecule has 4 rings (SSSR count). The topological polar surface area (TPSA) is 36.9 Å². The molecule has 0 amide bonds. The number of methoxy groups -OCH3 is 4. The summed E-state index contributed by atoms with van der Waals surface area (Å²) in [5.74, 6) is 3.54. The largest absolute Gasteiger partial charge is 0.496 e. The van der Waals surface area contributed by atoms with Gasteiger partial charge in [0.25, 0.3) is 0 Å². The van der Waals surface area contributed by atoms with E-state index in [0.717, 1.165) is 23.0 Å². The Balaban J connectivity index is 2.01. The summed E-state index contributed by atoms with van der Waals surface area (Å²) >= 11 is 0. The maximum atomic E-state index is 5.89. The number of rotatable bonds is 10. The van der Waals surface area contributed by atoms with Crippen molar-refractivity contribution in [1.82, 2.24) is 0 Å². The van der Waals surface area contributed by atoms with E-state index in [2.05, 4.69) is 55.5 Å². The average molecular weight is 519 g/mol. The van der Waals surface area contributed by atoms with Crippen LogP contribution in [0.1, 0.15) is 6.92 Å². The van der Waals surface area contributed by atoms with E-state index in [1.54, 1.807) is 28.4 Å². The minimum atomic E-state index is -0.919. The fraction of sp³-hybridized carbons (Fsp3) is 0.200. The molecule has 0 heterocycles. The second kappa shape index (κ2) is 12.3. The van der Waals surface area contributed by atoms with Gasteiger partial charge in [0.1, 0.15) is 23.0 Å². The van der Waals surface area contributed by atoms with Crippen molar-refractivity contribution in [2.45, 2.75) is 12.3 Å². The minimum absolute atomic E-state index is 0.190. The Kier molecular flexibility index (Phi) is 8.86. The van der Waals surface area contributed by atoms with Gasteiger partial charge in [0.05, 0.1) is 28.4 Å². The molecular formula is C30H32O4P2. The highest BCUT2D eigenvalue weighted by Crippen LogP contribution is 2.59. The SMILES string of the molecule is COc1ccccc1P(c1ccccc1OC)C(C)P(c1ccccc1OC)c1ccccc1OC. The Hall–Kier alpha value is -3.06. The third kappa shape index (κ3) is 5.21. The van der Waals surface area contributed by atoms with Crippen molar-refractivity contribution in [2.75, 3.05) is 28.4 Å². The minimum Gasteiger partial charge on any atom is -0.496 e. The number of benzene rings is 4. The van der Waals surface area contributed by atoms with Crippen molar-refractivity contribution in [2.24, 2.45) is 0 Å². The molecule has 0 saturated heterocycles. The van der Waals surface area contributed by atoms with E-state index in [4.69, 9.17) is 18.9 Å². The van der Waals surface area contributed by atoms with Crippen LogP contribution in [0.5, 0.6) is 23.0 Å². The average Bonchev–Trinajstić information content (AvgIpc) is 2.94. The van der Waals surface area contributed by atoms with E-state index in [1.807, 2.05) is 48.5 Å². The van der Waals surface area contributed by atoms with Crippen LogP contribution in [0, 0.1) is 0 Å². The van der Waals surface area contributed by atoms with Gasteiger partial charge in [0, 0.05) is 26.6 Å². The molecular weight excluding hydrogens is 486 g/mol. The van der Waals surface area contributed by atoms with Gasteiger partial charge in [0.2, 0.25) is 0 Å². The highest BCUT2D eigenvalue weighted by molar-refractivity contribution is 7.89. The Morgan fingerprint density at radius 2 is 0.639 bits per heavy atom. The smallest absolute Gasteiger partial charge is 0.126 e. The molecule has 6 heteroatoms. The standard InChI is InChI=1S/C30H32O4P2/c1-22(35(27-18-10-6-14-23(27)31-2)28-19-11-7-15-24(28)32-3)36(29-20-12-8-16-25(29)33-4)30-21-13-9-17-26(30)34-5/h6-22H,1-5H3. The van der Waals surface area contributed by atoms with Gasteiger partial charge >= 0.3 is 0 Å². The van der Waals surface area contributed by atoms with E-state index in [9.17, 15) is 0 Å². The van der Waals surface area contributed by atoms with Crippen LogP contribution in [-0.2, 0) is 0 Å². The predicted octanol–water partition coefficient (Wildman–Crippen LogP) is 5.63. The van der Waals surface area contributed by atoms with Gasteiger partial charge in [-0.15, -0.1) is 0 Å². The highest BCUT2D eigenvalue weighted by atomic mass is 31.2. The molecule has 0 saturated carbocycles. The molecule has 0 N–H and O–H groups in total. The number of hydrogen-bond donors (Lipinski definition) is 0. The Morgan fingerprint density at radius 3 is 0.861 bits per heavy atom. The normalized spacial score (nSPS) is 11.1. The summed E-state index contributed by atoms with van der Waals surface area (Å²) in [5, 5.41) is 4.93. The van der Waals surface area contributed by atoms with Gasteiger partial charge in [-0.2, -0.15) is 0 Å². The van der Waals surface area contributed by atoms with Crippen molar-refractivity contribution >= 4 is 37.1 Å². The molecule has 186 valence electrons. The van der Waals surface area contributed by atoms with E-state index >= 15 is 0 Å². The summed E-state index contributed by atoms with van der Waals surface area (Å²) in [4.78, 5) is 0. The van der Waals surface area contributed by atoms with Gasteiger partial charge < -0.3 is 18.9 Å². The lowest BCUT2D eigenvalue weighted by Gasteiger charge is -2.35. The second-order valence-electron chi connectivity index (χ2n) is 8.06. The molecule has 0 aliphatic rings. The molecule has 0 spiro atoms. The lowest BCUT2D eigenvalue weighted by Crippen LogP contribution is -2.28. The van der Waals surface area contributed by atoms with E-state index in [-0.39, 0.29) is 5.40 Å². The van der Waals surface area contributed by atoms with Crippen LogP contribution in [0.25, 0.3) is 0 Å². The number of ether oxygens (including phenoxy) is 4. The van der Waals surface area contributed by atoms with Crippen LogP contribution in [0.3, 0.4) is 0 Å². The third-order valence-corrected chi connectivity index (χ3v) is 12.6. The van der Waals surface area contributed by atoms with Crippen LogP contribution >= 0.6 is 15.8 Å². The monoisotopic (exact) mass is 518 g/mol. The van der Waals surface area contributed by atoms with E-state index in [0.29, 0.717) is 0 Å². The zero-order valence-corrected chi connectivity index (χ0v) is 23.1. The Bertz CT molecular complexity index is 1100. The van der Waals surface area contributed by atoms with E-state index in [1.165, 1.54) is 21.2 Å². The second-order valence-corrected chi connectivity index (χ2v) is 13.4. The fourth-order valence-corrected chi connectivity index (χ4v) is 11.6. The summed E-state index contributed by atoms with van der Waals surface area (Å²) in [5.41, 5.74) is 0. The van der Waals surface area contributed by atoms with Crippen molar-refractivity contribution in [1.29, 1.82) is 0 Å². The molecule has 0 bridgehead atoms. The first-order valence-electron chi connectivity index (χ1n) is 11.7. The van der Waals surface area contributed by atoms with Crippen molar-refractivity contribution in [3.05, 3.63) is 97.1 Å². The molecule has 4 nitrogen and oxygen atoms in total. The predicted molar refractivity (Wildman–Crippen MR) is 154 cm³/mol. The summed E-state index contributed by atoms with van der Waals surface area (Å²) in [6.45, 7) is 2.34. The van der Waals surface area contributed by atoms with Gasteiger partial charge in [-0.05, 0) is 40.1 Å². The molecule has 0 aliphatic heterocycles. The maximum absolute atomic E-state index is 5.89. The van der Waals surface area contributed by atoms with Crippen LogP contribution in [-0.4, -0.2) is 33.8 Å². The van der Waals surface area contributed by atoms with Crippen molar-refractivity contribution in [3.63, 3.8) is 0 Å². The fourth-order valence-electron chi connectivity index (χ4n) is 4.50. The molecule has 0 aliphatic carbocycles. The molecule has 0 atom stereocenters. The van der Waals surface area contributed by atoms with Gasteiger partial charge in [0.15, 0.2) is 0 Å². The first-order chi connectivity index (χ1) is 17.6. The third-order valence-electron chi connectivity index (χ3n) is 6.13. The molecule has 0 fully saturated rings. The first kappa shape index (κ1) is 26.0. The van der Waals surface area contributed by atoms with Crippen LogP contribution in [0.15, 0.2) is 97.1 Å².